The second kappa shape index (κ2) is 6.89. The number of piperazine rings is 1. The number of carbonyl (C=O) groups excluding carboxylic acids is 1. The van der Waals surface area contributed by atoms with Gasteiger partial charge in [-0.1, -0.05) is 12.1 Å². The molecule has 9 heteroatoms. The fraction of sp³-hybridized carbons (Fsp3) is 0.353. The lowest BCUT2D eigenvalue weighted by atomic mass is 10.2. The summed E-state index contributed by atoms with van der Waals surface area (Å²) in [6.45, 7) is 2.31. The number of halogens is 4. The molecule has 0 radical (unpaired) electrons. The Balaban J connectivity index is 1.71. The molecule has 0 spiro atoms. The van der Waals surface area contributed by atoms with Gasteiger partial charge in [0.2, 0.25) is 5.91 Å². The summed E-state index contributed by atoms with van der Waals surface area (Å²) < 4.78 is 51.7. The molecule has 5 nitrogen and oxygen atoms in total. The van der Waals surface area contributed by atoms with Gasteiger partial charge in [-0.15, -0.1) is 0 Å². The van der Waals surface area contributed by atoms with Gasteiger partial charge in [0.05, 0.1) is 6.54 Å². The normalized spacial score (nSPS) is 15.5. The van der Waals surface area contributed by atoms with E-state index >= 15 is 0 Å². The molecule has 1 aliphatic rings. The van der Waals surface area contributed by atoms with Crippen LogP contribution in [0.25, 0.3) is 0 Å². The van der Waals surface area contributed by atoms with Crippen LogP contribution in [0.15, 0.2) is 30.3 Å². The van der Waals surface area contributed by atoms with Crippen molar-refractivity contribution in [2.45, 2.75) is 19.6 Å². The number of aromatic nitrogens is 2. The number of amides is 1. The third kappa shape index (κ3) is 4.09. The van der Waals surface area contributed by atoms with Crippen LogP contribution in [0.2, 0.25) is 0 Å². The topological polar surface area (TPSA) is 49.3 Å². The number of rotatable bonds is 3. The summed E-state index contributed by atoms with van der Waals surface area (Å²) in [6, 6.07) is 6.68. The van der Waals surface area contributed by atoms with E-state index < -0.39 is 11.9 Å². The van der Waals surface area contributed by atoms with Crippen molar-refractivity contribution in [3.05, 3.63) is 53.2 Å². The van der Waals surface area contributed by atoms with Crippen molar-refractivity contribution in [2.24, 2.45) is 0 Å². The van der Waals surface area contributed by atoms with Crippen LogP contribution in [0.1, 0.15) is 17.1 Å². The van der Waals surface area contributed by atoms with Crippen molar-refractivity contribution in [2.75, 3.05) is 24.5 Å². The Kier molecular flexibility index (Phi) is 4.80. The van der Waals surface area contributed by atoms with Gasteiger partial charge in [0.25, 0.3) is 0 Å². The second-order valence-corrected chi connectivity index (χ2v) is 6.02. The highest BCUT2D eigenvalue weighted by Crippen LogP contribution is 2.30. The first-order valence-corrected chi connectivity index (χ1v) is 7.92. The summed E-state index contributed by atoms with van der Waals surface area (Å²) in [5.74, 6) is -0.509. The predicted octanol–water partition coefficient (Wildman–Crippen LogP) is 2.79. The maximum absolute atomic E-state index is 13.0. The molecular formula is C17H16F4N4O. The largest absolute Gasteiger partial charge is 0.433 e. The summed E-state index contributed by atoms with van der Waals surface area (Å²) in [7, 11) is 0. The standard InChI is InChI=1S/C17H16F4N4O/c1-11-22-14(17(19,20)21)8-15(23-11)24-6-7-25(16(26)10-24)9-12-2-4-13(18)5-3-12/h2-5,8H,6-7,9-10H2,1H3. The van der Waals surface area contributed by atoms with Gasteiger partial charge in [0, 0.05) is 25.7 Å². The molecule has 1 aromatic heterocycles. The third-order valence-electron chi connectivity index (χ3n) is 4.04. The number of aryl methyl sites for hydroxylation is 1. The molecule has 138 valence electrons. The zero-order chi connectivity index (χ0) is 18.9. The SMILES string of the molecule is Cc1nc(N2CCN(Cc3ccc(F)cc3)C(=O)C2)cc(C(F)(F)F)n1. The predicted molar refractivity (Wildman–Crippen MR) is 85.8 cm³/mol. The highest BCUT2D eigenvalue weighted by atomic mass is 19.4. The Hall–Kier alpha value is -2.71. The van der Waals surface area contributed by atoms with E-state index in [1.165, 1.54) is 24.0 Å². The van der Waals surface area contributed by atoms with Crippen LogP contribution >= 0.6 is 0 Å². The number of benzene rings is 1. The molecule has 3 rings (SSSR count). The molecule has 0 atom stereocenters. The Labute approximate surface area is 147 Å². The Morgan fingerprint density at radius 1 is 1.12 bits per heavy atom. The lowest BCUT2D eigenvalue weighted by Crippen LogP contribution is -2.50. The van der Waals surface area contributed by atoms with Gasteiger partial charge in [0.1, 0.15) is 23.2 Å². The van der Waals surface area contributed by atoms with Crippen molar-refractivity contribution in [1.82, 2.24) is 14.9 Å². The van der Waals surface area contributed by atoms with Gasteiger partial charge in [-0.05, 0) is 24.6 Å². The van der Waals surface area contributed by atoms with Crippen molar-refractivity contribution in [3.63, 3.8) is 0 Å². The molecule has 1 amide bonds. The molecule has 2 aromatic rings. The first-order chi connectivity index (χ1) is 12.2. The van der Waals surface area contributed by atoms with Crippen LogP contribution in [-0.4, -0.2) is 40.4 Å². The first-order valence-electron chi connectivity index (χ1n) is 7.92. The molecule has 1 aromatic carbocycles. The monoisotopic (exact) mass is 368 g/mol. The number of hydrogen-bond donors (Lipinski definition) is 0. The summed E-state index contributed by atoms with van der Waals surface area (Å²) in [5.41, 5.74) is -0.244. The second-order valence-electron chi connectivity index (χ2n) is 6.02. The maximum Gasteiger partial charge on any atom is 0.433 e. The van der Waals surface area contributed by atoms with Crippen molar-refractivity contribution in [1.29, 1.82) is 0 Å². The zero-order valence-electron chi connectivity index (χ0n) is 13.9. The van der Waals surface area contributed by atoms with Crippen LogP contribution in [-0.2, 0) is 17.5 Å². The van der Waals surface area contributed by atoms with Gasteiger partial charge in [-0.25, -0.2) is 14.4 Å². The summed E-state index contributed by atoms with van der Waals surface area (Å²) in [5, 5.41) is 0. The van der Waals surface area contributed by atoms with Crippen molar-refractivity contribution in [3.8, 4) is 0 Å². The van der Waals surface area contributed by atoms with Crippen LogP contribution in [0.5, 0.6) is 0 Å². The van der Waals surface area contributed by atoms with Crippen LogP contribution < -0.4 is 4.90 Å². The molecule has 0 N–H and O–H groups in total. The molecule has 0 bridgehead atoms. The minimum absolute atomic E-state index is 0.00369. The number of anilines is 1. The van der Waals surface area contributed by atoms with Gasteiger partial charge < -0.3 is 9.80 Å². The maximum atomic E-state index is 13.0. The number of carbonyl (C=O) groups is 1. The number of nitrogens with zero attached hydrogens (tertiary/aromatic N) is 4. The van der Waals surface area contributed by atoms with E-state index in [4.69, 9.17) is 0 Å². The molecule has 0 unspecified atom stereocenters. The fourth-order valence-corrected chi connectivity index (χ4v) is 2.74. The first kappa shape index (κ1) is 18.1. The minimum atomic E-state index is -4.57. The van der Waals surface area contributed by atoms with E-state index in [0.29, 0.717) is 19.6 Å². The van der Waals surface area contributed by atoms with Crippen molar-refractivity contribution < 1.29 is 22.4 Å². The Bertz CT molecular complexity index is 807. The Morgan fingerprint density at radius 3 is 2.42 bits per heavy atom. The van der Waals surface area contributed by atoms with E-state index in [-0.39, 0.29) is 29.9 Å². The number of hydrogen-bond acceptors (Lipinski definition) is 4. The minimum Gasteiger partial charge on any atom is -0.345 e. The third-order valence-corrected chi connectivity index (χ3v) is 4.04. The highest BCUT2D eigenvalue weighted by molar-refractivity contribution is 5.82. The van der Waals surface area contributed by atoms with Crippen LogP contribution in [0.4, 0.5) is 23.4 Å². The van der Waals surface area contributed by atoms with Gasteiger partial charge in [-0.3, -0.25) is 4.79 Å². The Morgan fingerprint density at radius 2 is 1.81 bits per heavy atom. The van der Waals surface area contributed by atoms with Crippen molar-refractivity contribution >= 4 is 11.7 Å². The van der Waals surface area contributed by atoms with Gasteiger partial charge >= 0.3 is 6.18 Å². The van der Waals surface area contributed by atoms with Crippen LogP contribution in [0, 0.1) is 12.7 Å². The lowest BCUT2D eigenvalue weighted by Gasteiger charge is -2.35. The highest BCUT2D eigenvalue weighted by Gasteiger charge is 2.34. The average molecular weight is 368 g/mol. The summed E-state index contributed by atoms with van der Waals surface area (Å²) >= 11 is 0. The summed E-state index contributed by atoms with van der Waals surface area (Å²) in [6.07, 6.45) is -4.57. The quantitative estimate of drug-likeness (QED) is 0.782. The zero-order valence-corrected chi connectivity index (χ0v) is 13.9. The van der Waals surface area contributed by atoms with E-state index in [2.05, 4.69) is 9.97 Å². The molecule has 0 aliphatic carbocycles. The molecule has 2 heterocycles. The molecule has 1 aliphatic heterocycles. The molecule has 26 heavy (non-hydrogen) atoms. The average Bonchev–Trinajstić information content (AvgIpc) is 2.57. The van der Waals surface area contributed by atoms with E-state index in [0.717, 1.165) is 11.6 Å². The fourth-order valence-electron chi connectivity index (χ4n) is 2.74. The molecule has 0 saturated carbocycles. The van der Waals surface area contributed by atoms with Gasteiger partial charge in [0.15, 0.2) is 0 Å². The van der Waals surface area contributed by atoms with E-state index in [1.54, 1.807) is 17.0 Å². The molecule has 1 saturated heterocycles. The van der Waals surface area contributed by atoms with E-state index in [9.17, 15) is 22.4 Å². The van der Waals surface area contributed by atoms with Crippen LogP contribution in [0.3, 0.4) is 0 Å². The van der Waals surface area contributed by atoms with E-state index in [1.807, 2.05) is 0 Å². The molecular weight excluding hydrogens is 352 g/mol. The summed E-state index contributed by atoms with van der Waals surface area (Å²) in [4.78, 5) is 22.9. The smallest absolute Gasteiger partial charge is 0.345 e. The lowest BCUT2D eigenvalue weighted by molar-refractivity contribution is -0.141. The molecule has 1 fully saturated rings. The van der Waals surface area contributed by atoms with Gasteiger partial charge in [-0.2, -0.15) is 13.2 Å². The number of alkyl halides is 3.